The molecular formula is C22H26N2O5S. The highest BCUT2D eigenvalue weighted by atomic mass is 32.1. The Kier molecular flexibility index (Phi) is 6.26. The smallest absolute Gasteiger partial charge is 0.341 e. The standard InChI is InChI=1S/C22H26N2O5S/c1-5-22(2,3)13-10-11-15-17(12-13)30-20(18(15)21(26)29-4)23-19(25)14-8-6-7-9-16(14)24(27)28/h6-9,13H,5,10-12H2,1-4H3,(H,23,25). The van der Waals surface area contributed by atoms with Crippen molar-refractivity contribution in [1.29, 1.82) is 0 Å². The minimum atomic E-state index is -0.614. The molecule has 1 N–H and O–H groups in total. The van der Waals surface area contributed by atoms with E-state index in [1.807, 2.05) is 0 Å². The first-order valence-corrected chi connectivity index (χ1v) is 10.8. The highest BCUT2D eigenvalue weighted by molar-refractivity contribution is 7.17. The number of nitrogens with zero attached hydrogens (tertiary/aromatic N) is 1. The van der Waals surface area contributed by atoms with Gasteiger partial charge in [0.1, 0.15) is 10.6 Å². The van der Waals surface area contributed by atoms with E-state index in [2.05, 4.69) is 26.1 Å². The van der Waals surface area contributed by atoms with Crippen LogP contribution in [0.3, 0.4) is 0 Å². The molecule has 1 amide bonds. The Balaban J connectivity index is 1.97. The molecule has 1 aromatic carbocycles. The van der Waals surface area contributed by atoms with Crippen molar-refractivity contribution >= 4 is 33.9 Å². The quantitative estimate of drug-likeness (QED) is 0.384. The maximum Gasteiger partial charge on any atom is 0.341 e. The minimum Gasteiger partial charge on any atom is -0.465 e. The van der Waals surface area contributed by atoms with Crippen LogP contribution in [0.1, 0.15) is 64.8 Å². The van der Waals surface area contributed by atoms with Crippen LogP contribution in [0.5, 0.6) is 0 Å². The molecule has 0 aliphatic heterocycles. The maximum atomic E-state index is 12.8. The van der Waals surface area contributed by atoms with Crippen LogP contribution in [0.2, 0.25) is 0 Å². The zero-order valence-electron chi connectivity index (χ0n) is 17.6. The lowest BCUT2D eigenvalue weighted by Crippen LogP contribution is -2.28. The van der Waals surface area contributed by atoms with Crippen LogP contribution in [0.25, 0.3) is 0 Å². The van der Waals surface area contributed by atoms with Gasteiger partial charge in [-0.05, 0) is 42.2 Å². The third-order valence-corrected chi connectivity index (χ3v) is 7.41. The first kappa shape index (κ1) is 22.0. The molecule has 0 spiro atoms. The van der Waals surface area contributed by atoms with Crippen molar-refractivity contribution in [2.24, 2.45) is 11.3 Å². The second-order valence-electron chi connectivity index (χ2n) is 8.21. The Hall–Kier alpha value is -2.74. The van der Waals surface area contributed by atoms with Gasteiger partial charge in [-0.25, -0.2) is 4.79 Å². The predicted octanol–water partition coefficient (Wildman–Crippen LogP) is 5.24. The second-order valence-corrected chi connectivity index (χ2v) is 9.31. The summed E-state index contributed by atoms with van der Waals surface area (Å²) in [6, 6.07) is 5.76. The molecule has 1 aromatic heterocycles. The van der Waals surface area contributed by atoms with Gasteiger partial charge in [-0.3, -0.25) is 14.9 Å². The number of rotatable bonds is 6. The monoisotopic (exact) mass is 430 g/mol. The number of carbonyl (C=O) groups excluding carboxylic acids is 2. The van der Waals surface area contributed by atoms with E-state index >= 15 is 0 Å². The Morgan fingerprint density at radius 2 is 2.03 bits per heavy atom. The number of carbonyl (C=O) groups is 2. The number of nitro groups is 1. The Morgan fingerprint density at radius 1 is 1.33 bits per heavy atom. The number of anilines is 1. The highest BCUT2D eigenvalue weighted by Crippen LogP contribution is 2.45. The number of fused-ring (bicyclic) bond motifs is 1. The molecule has 1 aliphatic rings. The molecule has 0 saturated heterocycles. The third kappa shape index (κ3) is 4.09. The van der Waals surface area contributed by atoms with Crippen molar-refractivity contribution < 1.29 is 19.2 Å². The summed E-state index contributed by atoms with van der Waals surface area (Å²) < 4.78 is 4.97. The number of para-hydroxylation sites is 1. The lowest BCUT2D eigenvalue weighted by atomic mass is 9.69. The predicted molar refractivity (Wildman–Crippen MR) is 116 cm³/mol. The van der Waals surface area contributed by atoms with E-state index in [1.165, 1.54) is 36.6 Å². The summed E-state index contributed by atoms with van der Waals surface area (Å²) in [6.45, 7) is 6.70. The van der Waals surface area contributed by atoms with Gasteiger partial charge in [-0.1, -0.05) is 39.3 Å². The first-order chi connectivity index (χ1) is 14.2. The van der Waals surface area contributed by atoms with Crippen LogP contribution in [-0.4, -0.2) is 23.9 Å². The normalized spacial score (nSPS) is 15.9. The lowest BCUT2D eigenvalue weighted by molar-refractivity contribution is -0.385. The van der Waals surface area contributed by atoms with Crippen molar-refractivity contribution in [3.8, 4) is 0 Å². The molecule has 3 rings (SSSR count). The molecule has 160 valence electrons. The number of esters is 1. The topological polar surface area (TPSA) is 98.5 Å². The largest absolute Gasteiger partial charge is 0.465 e. The van der Waals surface area contributed by atoms with E-state index in [9.17, 15) is 19.7 Å². The van der Waals surface area contributed by atoms with E-state index in [-0.39, 0.29) is 16.7 Å². The fourth-order valence-electron chi connectivity index (χ4n) is 3.94. The number of amides is 1. The molecule has 0 saturated carbocycles. The zero-order chi connectivity index (χ0) is 22.1. The summed E-state index contributed by atoms with van der Waals surface area (Å²) in [5.41, 5.74) is 1.15. The molecule has 1 aliphatic carbocycles. The van der Waals surface area contributed by atoms with Crippen molar-refractivity contribution in [1.82, 2.24) is 0 Å². The van der Waals surface area contributed by atoms with Gasteiger partial charge in [-0.15, -0.1) is 11.3 Å². The molecule has 2 aromatic rings. The summed E-state index contributed by atoms with van der Waals surface area (Å²) in [6.07, 6.45) is 3.60. The van der Waals surface area contributed by atoms with E-state index in [4.69, 9.17) is 4.74 Å². The van der Waals surface area contributed by atoms with Crippen LogP contribution in [0.15, 0.2) is 24.3 Å². The zero-order valence-corrected chi connectivity index (χ0v) is 18.4. The minimum absolute atomic E-state index is 0.0466. The van der Waals surface area contributed by atoms with Gasteiger partial charge in [0.15, 0.2) is 0 Å². The fraction of sp³-hybridized carbons (Fsp3) is 0.455. The molecule has 0 fully saturated rings. The Morgan fingerprint density at radius 3 is 2.67 bits per heavy atom. The van der Waals surface area contributed by atoms with E-state index in [0.717, 1.165) is 36.1 Å². The van der Waals surface area contributed by atoms with Gasteiger partial charge in [0.05, 0.1) is 17.6 Å². The molecule has 0 radical (unpaired) electrons. The van der Waals surface area contributed by atoms with E-state index < -0.39 is 16.8 Å². The van der Waals surface area contributed by atoms with Crippen molar-refractivity contribution in [3.05, 3.63) is 55.9 Å². The van der Waals surface area contributed by atoms with E-state index in [0.29, 0.717) is 16.5 Å². The van der Waals surface area contributed by atoms with Gasteiger partial charge >= 0.3 is 5.97 Å². The molecule has 1 unspecified atom stereocenters. The number of nitro benzene ring substituents is 1. The Labute approximate surface area is 179 Å². The van der Waals surface area contributed by atoms with Crippen molar-refractivity contribution in [2.45, 2.75) is 46.5 Å². The number of ether oxygens (including phenoxy) is 1. The number of methoxy groups -OCH3 is 1. The lowest BCUT2D eigenvalue weighted by Gasteiger charge is -2.36. The first-order valence-electron chi connectivity index (χ1n) is 9.97. The van der Waals surface area contributed by atoms with Crippen molar-refractivity contribution in [3.63, 3.8) is 0 Å². The van der Waals surface area contributed by atoms with Gasteiger partial charge in [0.2, 0.25) is 0 Å². The average molecular weight is 431 g/mol. The van der Waals surface area contributed by atoms with Crippen molar-refractivity contribution in [2.75, 3.05) is 12.4 Å². The summed E-state index contributed by atoms with van der Waals surface area (Å²) in [7, 11) is 1.31. The van der Waals surface area contributed by atoms with Gasteiger partial charge in [0, 0.05) is 10.9 Å². The maximum absolute atomic E-state index is 12.8. The number of benzene rings is 1. The van der Waals surface area contributed by atoms with Gasteiger partial charge in [-0.2, -0.15) is 0 Å². The van der Waals surface area contributed by atoms with Crippen LogP contribution < -0.4 is 5.32 Å². The summed E-state index contributed by atoms with van der Waals surface area (Å²) in [5.74, 6) is -0.632. The van der Waals surface area contributed by atoms with Crippen LogP contribution in [-0.2, 0) is 17.6 Å². The molecule has 1 heterocycles. The number of thiophene rings is 1. The fourth-order valence-corrected chi connectivity index (χ4v) is 5.25. The average Bonchev–Trinajstić information content (AvgIpc) is 3.09. The number of hydrogen-bond donors (Lipinski definition) is 1. The van der Waals surface area contributed by atoms with Crippen LogP contribution >= 0.6 is 11.3 Å². The molecule has 7 nitrogen and oxygen atoms in total. The number of hydrogen-bond acceptors (Lipinski definition) is 6. The number of nitrogens with one attached hydrogen (secondary N) is 1. The third-order valence-electron chi connectivity index (χ3n) is 6.24. The molecule has 30 heavy (non-hydrogen) atoms. The summed E-state index contributed by atoms with van der Waals surface area (Å²) in [5, 5.41) is 14.4. The highest BCUT2D eigenvalue weighted by Gasteiger charge is 2.36. The summed E-state index contributed by atoms with van der Waals surface area (Å²) in [4.78, 5) is 37.1. The second kappa shape index (κ2) is 8.55. The molecule has 1 atom stereocenters. The SMILES string of the molecule is CCC(C)(C)C1CCc2c(sc(NC(=O)c3ccccc3[N+](=O)[O-])c2C(=O)OC)C1. The van der Waals surface area contributed by atoms with Gasteiger partial charge < -0.3 is 10.1 Å². The van der Waals surface area contributed by atoms with Crippen LogP contribution in [0.4, 0.5) is 10.7 Å². The molecular weight excluding hydrogens is 404 g/mol. The molecule has 8 heteroatoms. The summed E-state index contributed by atoms with van der Waals surface area (Å²) >= 11 is 1.37. The van der Waals surface area contributed by atoms with Gasteiger partial charge in [0.25, 0.3) is 11.6 Å². The Bertz CT molecular complexity index is 995. The molecule has 0 bridgehead atoms. The van der Waals surface area contributed by atoms with Crippen LogP contribution in [0, 0.1) is 21.4 Å². The van der Waals surface area contributed by atoms with E-state index in [1.54, 1.807) is 6.07 Å².